The smallest absolute Gasteiger partial charge is 0.0590 e. The van der Waals surface area contributed by atoms with Crippen molar-refractivity contribution in [1.29, 1.82) is 0 Å². The van der Waals surface area contributed by atoms with Crippen molar-refractivity contribution in [2.24, 2.45) is 5.92 Å². The predicted octanol–water partition coefficient (Wildman–Crippen LogP) is 4.14. The molecule has 1 fully saturated rings. The molecule has 2 heteroatoms. The summed E-state index contributed by atoms with van der Waals surface area (Å²) in [4.78, 5) is 0. The van der Waals surface area contributed by atoms with Crippen molar-refractivity contribution in [2.75, 3.05) is 13.2 Å². The molecule has 3 unspecified atom stereocenters. The lowest BCUT2D eigenvalue weighted by molar-refractivity contribution is 0.0939. The van der Waals surface area contributed by atoms with Crippen molar-refractivity contribution in [2.45, 2.75) is 84.3 Å². The molecular weight excluding hydrogens is 222 g/mol. The molecule has 0 amide bonds. The van der Waals surface area contributed by atoms with Crippen LogP contribution >= 0.6 is 0 Å². The average Bonchev–Trinajstić information content (AvgIpc) is 2.79. The van der Waals surface area contributed by atoms with Crippen LogP contribution in [0.25, 0.3) is 0 Å². The zero-order valence-electron chi connectivity index (χ0n) is 12.7. The van der Waals surface area contributed by atoms with Crippen LogP contribution < -0.4 is 5.32 Å². The Morgan fingerprint density at radius 2 is 1.89 bits per heavy atom. The number of ether oxygens (including phenoxy) is 1. The Bertz CT molecular complexity index is 196. The lowest BCUT2D eigenvalue weighted by Gasteiger charge is -2.27. The van der Waals surface area contributed by atoms with Gasteiger partial charge in [-0.2, -0.15) is 0 Å². The van der Waals surface area contributed by atoms with Crippen LogP contribution in [0.2, 0.25) is 0 Å². The van der Waals surface area contributed by atoms with Gasteiger partial charge in [0.15, 0.2) is 0 Å². The average molecular weight is 255 g/mol. The fourth-order valence-electron chi connectivity index (χ4n) is 3.04. The van der Waals surface area contributed by atoms with Crippen molar-refractivity contribution in [3.8, 4) is 0 Å². The van der Waals surface area contributed by atoms with E-state index in [2.05, 4.69) is 26.1 Å². The highest BCUT2D eigenvalue weighted by Crippen LogP contribution is 2.26. The maximum absolute atomic E-state index is 5.73. The maximum Gasteiger partial charge on any atom is 0.0590 e. The third-order valence-corrected chi connectivity index (χ3v) is 4.23. The van der Waals surface area contributed by atoms with Crippen molar-refractivity contribution < 1.29 is 4.74 Å². The molecule has 1 rings (SSSR count). The van der Waals surface area contributed by atoms with Gasteiger partial charge in [0.2, 0.25) is 0 Å². The SMILES string of the molecule is CCCCCCCC(NCCC)C1CCOC1C. The molecule has 0 aromatic rings. The lowest BCUT2D eigenvalue weighted by atomic mass is 9.89. The highest BCUT2D eigenvalue weighted by Gasteiger charge is 2.30. The Kier molecular flexibility index (Phi) is 8.70. The molecule has 0 bridgehead atoms. The maximum atomic E-state index is 5.73. The minimum atomic E-state index is 0.454. The Hall–Kier alpha value is -0.0800. The molecule has 3 atom stereocenters. The fourth-order valence-corrected chi connectivity index (χ4v) is 3.04. The highest BCUT2D eigenvalue weighted by atomic mass is 16.5. The topological polar surface area (TPSA) is 21.3 Å². The van der Waals surface area contributed by atoms with Gasteiger partial charge in [-0.3, -0.25) is 0 Å². The summed E-state index contributed by atoms with van der Waals surface area (Å²) in [5.74, 6) is 0.739. The highest BCUT2D eigenvalue weighted by molar-refractivity contribution is 4.84. The van der Waals surface area contributed by atoms with E-state index in [1.165, 1.54) is 51.4 Å². The zero-order valence-corrected chi connectivity index (χ0v) is 12.7. The van der Waals surface area contributed by atoms with Gasteiger partial charge in [0.1, 0.15) is 0 Å². The minimum Gasteiger partial charge on any atom is -0.378 e. The molecule has 1 N–H and O–H groups in total. The number of hydrogen-bond donors (Lipinski definition) is 1. The van der Waals surface area contributed by atoms with E-state index in [9.17, 15) is 0 Å². The molecule has 2 nitrogen and oxygen atoms in total. The van der Waals surface area contributed by atoms with Crippen LogP contribution in [0.4, 0.5) is 0 Å². The fraction of sp³-hybridized carbons (Fsp3) is 1.00. The molecule has 18 heavy (non-hydrogen) atoms. The molecule has 0 aromatic heterocycles. The standard InChI is InChI=1S/C16H33NO/c1-4-6-7-8-9-10-16(17-12-5-2)15-11-13-18-14(15)3/h14-17H,4-13H2,1-3H3. The van der Waals surface area contributed by atoms with Gasteiger partial charge in [-0.1, -0.05) is 46.0 Å². The molecule has 108 valence electrons. The molecule has 0 aliphatic carbocycles. The van der Waals surface area contributed by atoms with Crippen molar-refractivity contribution in [3.05, 3.63) is 0 Å². The van der Waals surface area contributed by atoms with Crippen LogP contribution in [0.5, 0.6) is 0 Å². The van der Waals surface area contributed by atoms with E-state index in [1.54, 1.807) is 0 Å². The van der Waals surface area contributed by atoms with E-state index in [4.69, 9.17) is 4.74 Å². The Morgan fingerprint density at radius 3 is 2.50 bits per heavy atom. The van der Waals surface area contributed by atoms with Gasteiger partial charge in [-0.15, -0.1) is 0 Å². The van der Waals surface area contributed by atoms with Crippen LogP contribution in [-0.2, 0) is 4.74 Å². The third-order valence-electron chi connectivity index (χ3n) is 4.23. The first-order chi connectivity index (χ1) is 8.79. The van der Waals surface area contributed by atoms with Gasteiger partial charge in [0.25, 0.3) is 0 Å². The summed E-state index contributed by atoms with van der Waals surface area (Å²) in [7, 11) is 0. The van der Waals surface area contributed by atoms with Gasteiger partial charge in [0, 0.05) is 18.6 Å². The summed E-state index contributed by atoms with van der Waals surface area (Å²) < 4.78 is 5.73. The van der Waals surface area contributed by atoms with Crippen molar-refractivity contribution >= 4 is 0 Å². The van der Waals surface area contributed by atoms with Crippen LogP contribution in [0, 0.1) is 5.92 Å². The Balaban J connectivity index is 2.26. The van der Waals surface area contributed by atoms with E-state index in [-0.39, 0.29) is 0 Å². The summed E-state index contributed by atoms with van der Waals surface area (Å²) in [6.45, 7) is 8.90. The van der Waals surface area contributed by atoms with E-state index >= 15 is 0 Å². The molecule has 1 saturated heterocycles. The number of nitrogens with one attached hydrogen (secondary N) is 1. The number of rotatable bonds is 10. The van der Waals surface area contributed by atoms with Crippen LogP contribution in [0.3, 0.4) is 0 Å². The monoisotopic (exact) mass is 255 g/mol. The largest absolute Gasteiger partial charge is 0.378 e. The third kappa shape index (κ3) is 5.71. The quantitative estimate of drug-likeness (QED) is 0.592. The van der Waals surface area contributed by atoms with Gasteiger partial charge >= 0.3 is 0 Å². The second-order valence-corrected chi connectivity index (χ2v) is 5.79. The Labute approximate surface area is 114 Å². The molecule has 0 saturated carbocycles. The summed E-state index contributed by atoms with van der Waals surface area (Å²) in [6.07, 6.45) is 11.2. The van der Waals surface area contributed by atoms with Gasteiger partial charge < -0.3 is 10.1 Å². The molecule has 1 aliphatic heterocycles. The van der Waals surface area contributed by atoms with Crippen LogP contribution in [0.15, 0.2) is 0 Å². The lowest BCUT2D eigenvalue weighted by Crippen LogP contribution is -2.39. The van der Waals surface area contributed by atoms with Crippen LogP contribution in [0.1, 0.15) is 72.1 Å². The molecular formula is C16H33NO. The first kappa shape index (κ1) is 16.0. The molecule has 1 heterocycles. The molecule has 1 aliphatic rings. The first-order valence-electron chi connectivity index (χ1n) is 8.14. The van der Waals surface area contributed by atoms with E-state index in [0.717, 1.165) is 19.1 Å². The van der Waals surface area contributed by atoms with E-state index in [0.29, 0.717) is 12.1 Å². The summed E-state index contributed by atoms with van der Waals surface area (Å²) in [6, 6.07) is 0.684. The van der Waals surface area contributed by atoms with E-state index < -0.39 is 0 Å². The second kappa shape index (κ2) is 9.80. The predicted molar refractivity (Wildman–Crippen MR) is 79.0 cm³/mol. The van der Waals surface area contributed by atoms with Crippen molar-refractivity contribution in [1.82, 2.24) is 5.32 Å². The molecule has 0 aromatic carbocycles. The zero-order chi connectivity index (χ0) is 13.2. The molecule has 0 radical (unpaired) electrons. The summed E-state index contributed by atoms with van der Waals surface area (Å²) >= 11 is 0. The van der Waals surface area contributed by atoms with Gasteiger partial charge in [-0.25, -0.2) is 0 Å². The number of hydrogen-bond acceptors (Lipinski definition) is 2. The number of unbranched alkanes of at least 4 members (excludes halogenated alkanes) is 4. The van der Waals surface area contributed by atoms with Gasteiger partial charge in [0.05, 0.1) is 6.10 Å². The van der Waals surface area contributed by atoms with Gasteiger partial charge in [-0.05, 0) is 32.7 Å². The summed E-state index contributed by atoms with van der Waals surface area (Å²) in [5.41, 5.74) is 0. The molecule has 0 spiro atoms. The van der Waals surface area contributed by atoms with Crippen LogP contribution in [-0.4, -0.2) is 25.3 Å². The van der Waals surface area contributed by atoms with E-state index in [1.807, 2.05) is 0 Å². The van der Waals surface area contributed by atoms with Crippen molar-refractivity contribution in [3.63, 3.8) is 0 Å². The minimum absolute atomic E-state index is 0.454. The Morgan fingerprint density at radius 1 is 1.11 bits per heavy atom. The first-order valence-corrected chi connectivity index (χ1v) is 8.14. The normalized spacial score (nSPS) is 25.5. The summed E-state index contributed by atoms with van der Waals surface area (Å²) in [5, 5.41) is 3.75. The second-order valence-electron chi connectivity index (χ2n) is 5.79.